The largest absolute Gasteiger partial charge is 0.383 e. The van der Waals surface area contributed by atoms with E-state index < -0.39 is 4.92 Å². The molecular formula is C20H25FN5O3+. The molecule has 0 aliphatic carbocycles. The van der Waals surface area contributed by atoms with Crippen LogP contribution in [-0.4, -0.2) is 56.6 Å². The number of rotatable bonds is 8. The van der Waals surface area contributed by atoms with Crippen molar-refractivity contribution in [1.82, 2.24) is 5.32 Å². The monoisotopic (exact) mass is 402 g/mol. The fraction of sp³-hybridized carbons (Fsp3) is 0.350. The summed E-state index contributed by atoms with van der Waals surface area (Å²) in [6, 6.07) is 12.7. The second-order valence-electron chi connectivity index (χ2n) is 6.97. The Kier molecular flexibility index (Phi) is 6.96. The Hall–Kier alpha value is -3.20. The fourth-order valence-corrected chi connectivity index (χ4v) is 3.31. The molecule has 0 atom stereocenters. The molecule has 1 aliphatic rings. The lowest BCUT2D eigenvalue weighted by Gasteiger charge is -2.33. The molecule has 1 heterocycles. The van der Waals surface area contributed by atoms with Gasteiger partial charge in [-0.3, -0.25) is 14.9 Å². The third kappa shape index (κ3) is 6.15. The summed E-state index contributed by atoms with van der Waals surface area (Å²) in [6.45, 7) is 4.81. The predicted octanol–water partition coefficient (Wildman–Crippen LogP) is 0.667. The van der Waals surface area contributed by atoms with Gasteiger partial charge in [-0.2, -0.15) is 0 Å². The maximum Gasteiger partial charge on any atom is 0.275 e. The molecular weight excluding hydrogens is 377 g/mol. The van der Waals surface area contributed by atoms with E-state index >= 15 is 0 Å². The number of amides is 1. The molecule has 3 rings (SSSR count). The molecule has 2 aromatic carbocycles. The van der Waals surface area contributed by atoms with Gasteiger partial charge in [0, 0.05) is 36.6 Å². The van der Waals surface area contributed by atoms with Gasteiger partial charge in [-0.05, 0) is 36.4 Å². The van der Waals surface area contributed by atoms with Crippen LogP contribution in [0.4, 0.5) is 21.5 Å². The van der Waals surface area contributed by atoms with E-state index in [9.17, 15) is 19.3 Å². The minimum absolute atomic E-state index is 0.000677. The van der Waals surface area contributed by atoms with Crippen LogP contribution in [0.15, 0.2) is 48.5 Å². The van der Waals surface area contributed by atoms with Crippen LogP contribution in [0.5, 0.6) is 0 Å². The first-order chi connectivity index (χ1) is 14.0. The first kappa shape index (κ1) is 20.5. The highest BCUT2D eigenvalue weighted by molar-refractivity contribution is 5.76. The van der Waals surface area contributed by atoms with Gasteiger partial charge in [0.25, 0.3) is 11.6 Å². The minimum atomic E-state index is -0.439. The van der Waals surface area contributed by atoms with Crippen molar-refractivity contribution in [1.29, 1.82) is 0 Å². The SMILES string of the molecule is O=C(C[NH+]1CCN(c2ccc(F)cc2)CC1)NCCNc1ccc([N+](=O)[O-])cc1. The third-order valence-corrected chi connectivity index (χ3v) is 4.93. The maximum atomic E-state index is 13.0. The Morgan fingerprint density at radius 3 is 2.34 bits per heavy atom. The Labute approximate surface area is 168 Å². The third-order valence-electron chi connectivity index (χ3n) is 4.93. The summed E-state index contributed by atoms with van der Waals surface area (Å²) in [5, 5.41) is 16.6. The molecule has 0 aromatic heterocycles. The number of carbonyl (C=O) groups excluding carboxylic acids is 1. The van der Waals surface area contributed by atoms with Gasteiger partial charge in [0.15, 0.2) is 6.54 Å². The van der Waals surface area contributed by atoms with Crippen molar-refractivity contribution in [3.63, 3.8) is 0 Å². The number of nitro groups is 1. The molecule has 2 aromatic rings. The van der Waals surface area contributed by atoms with Crippen LogP contribution in [-0.2, 0) is 4.79 Å². The molecule has 1 aliphatic heterocycles. The van der Waals surface area contributed by atoms with Gasteiger partial charge in [-0.25, -0.2) is 4.39 Å². The van der Waals surface area contributed by atoms with E-state index in [1.807, 2.05) is 0 Å². The number of carbonyl (C=O) groups is 1. The van der Waals surface area contributed by atoms with Crippen molar-refractivity contribution < 1.29 is 19.0 Å². The van der Waals surface area contributed by atoms with E-state index in [0.29, 0.717) is 19.6 Å². The van der Waals surface area contributed by atoms with Gasteiger partial charge in [0.05, 0.1) is 31.1 Å². The number of hydrogen-bond donors (Lipinski definition) is 3. The number of quaternary nitrogens is 1. The highest BCUT2D eigenvalue weighted by Gasteiger charge is 2.22. The lowest BCUT2D eigenvalue weighted by Crippen LogP contribution is -3.16. The first-order valence-corrected chi connectivity index (χ1v) is 9.60. The smallest absolute Gasteiger partial charge is 0.275 e. The number of benzene rings is 2. The molecule has 9 heteroatoms. The van der Waals surface area contributed by atoms with Crippen molar-refractivity contribution in [2.24, 2.45) is 0 Å². The van der Waals surface area contributed by atoms with Crippen LogP contribution in [0.3, 0.4) is 0 Å². The van der Waals surface area contributed by atoms with Crippen molar-refractivity contribution in [3.8, 4) is 0 Å². The van der Waals surface area contributed by atoms with Gasteiger partial charge in [0.1, 0.15) is 5.82 Å². The van der Waals surface area contributed by atoms with E-state index in [-0.39, 0.29) is 17.4 Å². The average molecular weight is 402 g/mol. The van der Waals surface area contributed by atoms with Gasteiger partial charge in [-0.1, -0.05) is 0 Å². The molecule has 1 saturated heterocycles. The number of hydrogen-bond acceptors (Lipinski definition) is 5. The second kappa shape index (κ2) is 9.83. The molecule has 154 valence electrons. The normalized spacial score (nSPS) is 14.4. The Morgan fingerprint density at radius 2 is 1.72 bits per heavy atom. The quantitative estimate of drug-likeness (QED) is 0.343. The molecule has 0 spiro atoms. The summed E-state index contributed by atoms with van der Waals surface area (Å²) < 4.78 is 13.0. The predicted molar refractivity (Wildman–Crippen MR) is 109 cm³/mol. The van der Waals surface area contributed by atoms with E-state index in [4.69, 9.17) is 0 Å². The summed E-state index contributed by atoms with van der Waals surface area (Å²) in [6.07, 6.45) is 0. The Bertz CT molecular complexity index is 821. The standard InChI is InChI=1S/C20H24FN5O3/c21-16-1-5-18(6-2-16)25-13-11-24(12-14-25)15-20(27)23-10-9-22-17-3-7-19(8-4-17)26(28)29/h1-8,22H,9-15H2,(H,23,27)/p+1. The second-order valence-corrected chi connectivity index (χ2v) is 6.97. The van der Waals surface area contributed by atoms with Crippen LogP contribution in [0.25, 0.3) is 0 Å². The molecule has 0 saturated carbocycles. The number of anilines is 2. The average Bonchev–Trinajstić information content (AvgIpc) is 2.73. The van der Waals surface area contributed by atoms with Crippen LogP contribution >= 0.6 is 0 Å². The van der Waals surface area contributed by atoms with E-state index in [1.54, 1.807) is 24.3 Å². The maximum absolute atomic E-state index is 13.0. The molecule has 0 radical (unpaired) electrons. The summed E-state index contributed by atoms with van der Waals surface area (Å²) in [7, 11) is 0. The zero-order chi connectivity index (χ0) is 20.6. The van der Waals surface area contributed by atoms with Crippen molar-refractivity contribution in [2.75, 3.05) is 56.0 Å². The molecule has 1 amide bonds. The lowest BCUT2D eigenvalue weighted by atomic mass is 10.2. The summed E-state index contributed by atoms with van der Waals surface area (Å²) in [5.74, 6) is -0.238. The van der Waals surface area contributed by atoms with E-state index in [0.717, 1.165) is 37.6 Å². The lowest BCUT2D eigenvalue weighted by molar-refractivity contribution is -0.892. The number of halogens is 1. The van der Waals surface area contributed by atoms with Crippen LogP contribution < -0.4 is 20.4 Å². The molecule has 0 unspecified atom stereocenters. The number of non-ortho nitro benzene ring substituents is 1. The van der Waals surface area contributed by atoms with Crippen molar-refractivity contribution in [2.45, 2.75) is 0 Å². The number of nitrogens with one attached hydrogen (secondary N) is 3. The summed E-state index contributed by atoms with van der Waals surface area (Å²) in [4.78, 5) is 25.8. The van der Waals surface area contributed by atoms with Crippen LogP contribution in [0, 0.1) is 15.9 Å². The van der Waals surface area contributed by atoms with Crippen LogP contribution in [0.1, 0.15) is 0 Å². The van der Waals surface area contributed by atoms with Crippen molar-refractivity contribution in [3.05, 3.63) is 64.5 Å². The molecule has 3 N–H and O–H groups in total. The zero-order valence-electron chi connectivity index (χ0n) is 16.1. The summed E-state index contributed by atoms with van der Waals surface area (Å²) in [5.41, 5.74) is 1.82. The molecule has 29 heavy (non-hydrogen) atoms. The topological polar surface area (TPSA) is 92.0 Å². The molecule has 1 fully saturated rings. The summed E-state index contributed by atoms with van der Waals surface area (Å²) >= 11 is 0. The zero-order valence-corrected chi connectivity index (χ0v) is 16.1. The van der Waals surface area contributed by atoms with E-state index in [2.05, 4.69) is 15.5 Å². The number of nitro benzene ring substituents is 1. The Morgan fingerprint density at radius 1 is 1.07 bits per heavy atom. The highest BCUT2D eigenvalue weighted by atomic mass is 19.1. The van der Waals surface area contributed by atoms with Gasteiger partial charge < -0.3 is 20.4 Å². The van der Waals surface area contributed by atoms with Gasteiger partial charge in [0.2, 0.25) is 0 Å². The van der Waals surface area contributed by atoms with Gasteiger partial charge in [-0.15, -0.1) is 0 Å². The number of piperazine rings is 1. The van der Waals surface area contributed by atoms with E-state index in [1.165, 1.54) is 29.2 Å². The van der Waals surface area contributed by atoms with Gasteiger partial charge >= 0.3 is 0 Å². The molecule has 8 nitrogen and oxygen atoms in total. The van der Waals surface area contributed by atoms with Crippen molar-refractivity contribution >= 4 is 23.0 Å². The minimum Gasteiger partial charge on any atom is -0.383 e. The first-order valence-electron chi connectivity index (χ1n) is 9.60. The molecule has 0 bridgehead atoms. The van der Waals surface area contributed by atoms with Crippen LogP contribution in [0.2, 0.25) is 0 Å². The highest BCUT2D eigenvalue weighted by Crippen LogP contribution is 2.15. The Balaban J connectivity index is 1.32. The number of nitrogens with zero attached hydrogens (tertiary/aromatic N) is 2. The fourth-order valence-electron chi connectivity index (χ4n) is 3.31.